The molecule has 1 aromatic carbocycles. The maximum absolute atomic E-state index is 11.7. The average molecular weight is 329 g/mol. The highest BCUT2D eigenvalue weighted by atomic mass is 16.5. The zero-order chi connectivity index (χ0) is 17.4. The van der Waals surface area contributed by atoms with Crippen molar-refractivity contribution in [2.24, 2.45) is 0 Å². The zero-order valence-corrected chi connectivity index (χ0v) is 13.5. The maximum atomic E-state index is 11.7. The Morgan fingerprint density at radius 1 is 1.29 bits per heavy atom. The van der Waals surface area contributed by atoms with Gasteiger partial charge >= 0.3 is 5.97 Å². The van der Waals surface area contributed by atoms with Gasteiger partial charge in [-0.05, 0) is 42.8 Å². The van der Waals surface area contributed by atoms with Gasteiger partial charge in [0.25, 0.3) is 5.91 Å². The molecule has 6 nitrogen and oxygen atoms in total. The minimum Gasteiger partial charge on any atom is -0.497 e. The van der Waals surface area contributed by atoms with Gasteiger partial charge in [-0.25, -0.2) is 4.79 Å². The lowest BCUT2D eigenvalue weighted by Gasteiger charge is -2.11. The van der Waals surface area contributed by atoms with Crippen LogP contribution in [0.15, 0.2) is 53.2 Å². The van der Waals surface area contributed by atoms with Gasteiger partial charge < -0.3 is 19.2 Å². The summed E-state index contributed by atoms with van der Waals surface area (Å²) >= 11 is 0. The van der Waals surface area contributed by atoms with E-state index in [9.17, 15) is 9.59 Å². The molecule has 0 aliphatic heterocycles. The third kappa shape index (κ3) is 5.31. The van der Waals surface area contributed by atoms with E-state index in [1.165, 1.54) is 12.3 Å². The number of hydrogen-bond acceptors (Lipinski definition) is 5. The van der Waals surface area contributed by atoms with Gasteiger partial charge in [-0.1, -0.05) is 12.1 Å². The molecule has 126 valence electrons. The highest BCUT2D eigenvalue weighted by Crippen LogP contribution is 2.14. The number of nitrogens with one attached hydrogen (secondary N) is 1. The van der Waals surface area contributed by atoms with Gasteiger partial charge in [-0.3, -0.25) is 4.79 Å². The van der Waals surface area contributed by atoms with Gasteiger partial charge in [0.15, 0.2) is 6.61 Å². The molecule has 1 aromatic heterocycles. The average Bonchev–Trinajstić information content (AvgIpc) is 3.13. The van der Waals surface area contributed by atoms with Crippen LogP contribution in [0.4, 0.5) is 0 Å². The second-order valence-corrected chi connectivity index (χ2v) is 5.02. The molecule has 2 rings (SSSR count). The molecule has 6 heteroatoms. The minimum absolute atomic E-state index is 0.293. The Kier molecular flexibility index (Phi) is 6.19. The fraction of sp³-hybridized carbons (Fsp3) is 0.222. The summed E-state index contributed by atoms with van der Waals surface area (Å²) in [6.45, 7) is 1.42. The van der Waals surface area contributed by atoms with Crippen molar-refractivity contribution in [3.05, 3.63) is 60.1 Å². The number of furan rings is 1. The third-order valence-electron chi connectivity index (χ3n) is 3.20. The van der Waals surface area contributed by atoms with Crippen LogP contribution in [-0.4, -0.2) is 25.6 Å². The lowest BCUT2D eigenvalue weighted by atomic mass is 10.2. The Hall–Kier alpha value is -3.02. The first-order chi connectivity index (χ1) is 11.6. The summed E-state index contributed by atoms with van der Waals surface area (Å²) in [5.41, 5.74) is 0.794. The summed E-state index contributed by atoms with van der Waals surface area (Å²) in [5.74, 6) is 0.324. The molecule has 2 aromatic rings. The van der Waals surface area contributed by atoms with Crippen LogP contribution in [0.25, 0.3) is 6.08 Å². The Bertz CT molecular complexity index is 706. The number of ether oxygens (including phenoxy) is 2. The third-order valence-corrected chi connectivity index (χ3v) is 3.20. The van der Waals surface area contributed by atoms with Gasteiger partial charge in [0, 0.05) is 6.08 Å². The van der Waals surface area contributed by atoms with E-state index in [1.54, 1.807) is 44.4 Å². The smallest absolute Gasteiger partial charge is 0.331 e. The fourth-order valence-corrected chi connectivity index (χ4v) is 1.99. The first-order valence-electron chi connectivity index (χ1n) is 7.40. The van der Waals surface area contributed by atoms with Crippen molar-refractivity contribution in [3.63, 3.8) is 0 Å². The van der Waals surface area contributed by atoms with E-state index < -0.39 is 11.9 Å². The molecule has 1 atom stereocenters. The van der Waals surface area contributed by atoms with Gasteiger partial charge in [0.2, 0.25) is 0 Å². The molecular formula is C18H19NO5. The van der Waals surface area contributed by atoms with E-state index in [4.69, 9.17) is 13.9 Å². The van der Waals surface area contributed by atoms with E-state index in [0.717, 1.165) is 5.56 Å². The Morgan fingerprint density at radius 2 is 2.12 bits per heavy atom. The molecule has 0 aliphatic carbocycles. The predicted molar refractivity (Wildman–Crippen MR) is 88.3 cm³/mol. The van der Waals surface area contributed by atoms with Crippen molar-refractivity contribution in [1.82, 2.24) is 5.32 Å². The first-order valence-corrected chi connectivity index (χ1v) is 7.40. The molecule has 1 N–H and O–H groups in total. The molecule has 0 saturated heterocycles. The van der Waals surface area contributed by atoms with Crippen LogP contribution in [0.5, 0.6) is 5.75 Å². The topological polar surface area (TPSA) is 77.8 Å². The highest BCUT2D eigenvalue weighted by molar-refractivity contribution is 5.89. The van der Waals surface area contributed by atoms with E-state index in [-0.39, 0.29) is 12.6 Å². The van der Waals surface area contributed by atoms with E-state index >= 15 is 0 Å². The van der Waals surface area contributed by atoms with Crippen LogP contribution in [-0.2, 0) is 14.3 Å². The molecule has 0 bridgehead atoms. The molecule has 0 spiro atoms. The molecule has 0 fully saturated rings. The van der Waals surface area contributed by atoms with Gasteiger partial charge in [0.1, 0.15) is 11.5 Å². The van der Waals surface area contributed by atoms with Gasteiger partial charge in [-0.2, -0.15) is 0 Å². The second kappa shape index (κ2) is 8.57. The van der Waals surface area contributed by atoms with Gasteiger partial charge in [0.05, 0.1) is 19.4 Å². The number of amides is 1. The van der Waals surface area contributed by atoms with E-state index in [2.05, 4.69) is 5.32 Å². The summed E-state index contributed by atoms with van der Waals surface area (Å²) in [5, 5.41) is 2.68. The Morgan fingerprint density at radius 3 is 2.83 bits per heavy atom. The van der Waals surface area contributed by atoms with Crippen LogP contribution in [0, 0.1) is 0 Å². The van der Waals surface area contributed by atoms with E-state index in [0.29, 0.717) is 11.5 Å². The largest absolute Gasteiger partial charge is 0.497 e. The SMILES string of the molecule is COc1cccc(/C=C/C(=O)OCC(=O)N[C@H](C)c2ccco2)c1. The van der Waals surface area contributed by atoms with Crippen LogP contribution >= 0.6 is 0 Å². The first kappa shape index (κ1) is 17.3. The molecule has 1 heterocycles. The summed E-state index contributed by atoms with van der Waals surface area (Å²) in [6, 6.07) is 10.4. The van der Waals surface area contributed by atoms with Crippen molar-refractivity contribution in [3.8, 4) is 5.75 Å². The molecule has 0 aliphatic rings. The number of hydrogen-bond donors (Lipinski definition) is 1. The zero-order valence-electron chi connectivity index (χ0n) is 13.5. The monoisotopic (exact) mass is 329 g/mol. The standard InChI is InChI=1S/C18H19NO5/c1-13(16-7-4-10-23-16)19-17(20)12-24-18(21)9-8-14-5-3-6-15(11-14)22-2/h3-11,13H,12H2,1-2H3,(H,19,20)/b9-8+/t13-/m1/s1. The summed E-state index contributed by atoms with van der Waals surface area (Å²) < 4.78 is 15.2. The van der Waals surface area contributed by atoms with Crippen LogP contribution in [0.2, 0.25) is 0 Å². The lowest BCUT2D eigenvalue weighted by Crippen LogP contribution is -2.30. The van der Waals surface area contributed by atoms with Crippen LogP contribution in [0.3, 0.4) is 0 Å². The number of methoxy groups -OCH3 is 1. The molecule has 24 heavy (non-hydrogen) atoms. The normalized spacial score (nSPS) is 11.9. The van der Waals surface area contributed by atoms with Crippen molar-refractivity contribution in [2.75, 3.05) is 13.7 Å². The number of carbonyl (C=O) groups excluding carboxylic acids is 2. The van der Waals surface area contributed by atoms with Gasteiger partial charge in [-0.15, -0.1) is 0 Å². The highest BCUT2D eigenvalue weighted by Gasteiger charge is 2.12. The minimum atomic E-state index is -0.598. The van der Waals surface area contributed by atoms with E-state index in [1.807, 2.05) is 12.1 Å². The molecule has 1 amide bonds. The summed E-state index contributed by atoms with van der Waals surface area (Å²) in [6.07, 6.45) is 4.38. The second-order valence-electron chi connectivity index (χ2n) is 5.02. The quantitative estimate of drug-likeness (QED) is 0.624. The summed E-state index contributed by atoms with van der Waals surface area (Å²) in [7, 11) is 1.57. The Labute approximate surface area is 140 Å². The van der Waals surface area contributed by atoms with Crippen LogP contribution < -0.4 is 10.1 Å². The fourth-order valence-electron chi connectivity index (χ4n) is 1.99. The molecule has 0 radical (unpaired) electrons. The van der Waals surface area contributed by atoms with Crippen LogP contribution in [0.1, 0.15) is 24.3 Å². The molecular weight excluding hydrogens is 310 g/mol. The lowest BCUT2D eigenvalue weighted by molar-refractivity contribution is -0.144. The summed E-state index contributed by atoms with van der Waals surface area (Å²) in [4.78, 5) is 23.4. The number of rotatable bonds is 7. The van der Waals surface area contributed by atoms with Crippen molar-refractivity contribution >= 4 is 18.0 Å². The number of esters is 1. The molecule has 0 saturated carbocycles. The predicted octanol–water partition coefficient (Wildman–Crippen LogP) is 2.72. The number of benzene rings is 1. The van der Waals surface area contributed by atoms with Crippen molar-refractivity contribution in [1.29, 1.82) is 0 Å². The number of carbonyl (C=O) groups is 2. The van der Waals surface area contributed by atoms with Crippen molar-refractivity contribution in [2.45, 2.75) is 13.0 Å². The molecule has 0 unspecified atom stereocenters. The maximum Gasteiger partial charge on any atom is 0.331 e. The Balaban J connectivity index is 1.77. The van der Waals surface area contributed by atoms with Crippen molar-refractivity contribution < 1.29 is 23.5 Å².